The quantitative estimate of drug-likeness (QED) is 0.915. The van der Waals surface area contributed by atoms with Gasteiger partial charge in [-0.05, 0) is 42.8 Å². The van der Waals surface area contributed by atoms with Crippen LogP contribution in [0.25, 0.3) is 0 Å². The lowest BCUT2D eigenvalue weighted by Gasteiger charge is -2.17. The summed E-state index contributed by atoms with van der Waals surface area (Å²) in [5, 5.41) is 4.04. The van der Waals surface area contributed by atoms with Gasteiger partial charge in [-0.3, -0.25) is 0 Å². The summed E-state index contributed by atoms with van der Waals surface area (Å²) in [6, 6.07) is 8.11. The van der Waals surface area contributed by atoms with Crippen molar-refractivity contribution < 1.29 is 4.42 Å². The molecule has 2 nitrogen and oxygen atoms in total. The molecule has 1 aromatic carbocycles. The largest absolute Gasteiger partial charge is 0.472 e. The zero-order valence-electron chi connectivity index (χ0n) is 9.41. The predicted octanol–water partition coefficient (Wildman–Crippen LogP) is 4.20. The van der Waals surface area contributed by atoms with Crippen LogP contribution in [-0.4, -0.2) is 7.05 Å². The lowest BCUT2D eigenvalue weighted by molar-refractivity contribution is 0.551. The van der Waals surface area contributed by atoms with E-state index < -0.39 is 0 Å². The van der Waals surface area contributed by atoms with E-state index in [1.54, 1.807) is 12.5 Å². The third kappa shape index (κ3) is 3.12. The zero-order valence-corrected chi connectivity index (χ0v) is 11.8. The summed E-state index contributed by atoms with van der Waals surface area (Å²) in [5.41, 5.74) is 2.25. The van der Waals surface area contributed by atoms with Gasteiger partial charge in [-0.1, -0.05) is 33.6 Å². The number of nitrogens with one attached hydrogen (secondary N) is 1. The van der Waals surface area contributed by atoms with Crippen molar-refractivity contribution in [3.05, 3.63) is 57.4 Å². The first-order chi connectivity index (χ1) is 8.20. The first-order valence-electron chi connectivity index (χ1n) is 5.34. The molecule has 0 saturated carbocycles. The Morgan fingerprint density at radius 2 is 2.24 bits per heavy atom. The lowest BCUT2D eigenvalue weighted by atomic mass is 10.0. The molecule has 0 radical (unpaired) electrons. The van der Waals surface area contributed by atoms with Crippen molar-refractivity contribution in [2.75, 3.05) is 7.05 Å². The van der Waals surface area contributed by atoms with E-state index in [2.05, 4.69) is 21.2 Å². The van der Waals surface area contributed by atoms with Gasteiger partial charge >= 0.3 is 0 Å². The normalized spacial score (nSPS) is 12.6. The van der Waals surface area contributed by atoms with Gasteiger partial charge in [0, 0.05) is 15.5 Å². The molecule has 0 fully saturated rings. The molecule has 0 aliphatic rings. The highest BCUT2D eigenvalue weighted by Gasteiger charge is 2.14. The maximum atomic E-state index is 6.25. The van der Waals surface area contributed by atoms with Crippen molar-refractivity contribution in [3.8, 4) is 0 Å². The summed E-state index contributed by atoms with van der Waals surface area (Å²) in [4.78, 5) is 0. The average molecular weight is 315 g/mol. The van der Waals surface area contributed by atoms with Crippen LogP contribution in [-0.2, 0) is 6.42 Å². The summed E-state index contributed by atoms with van der Waals surface area (Å²) in [6.07, 6.45) is 4.30. The van der Waals surface area contributed by atoms with E-state index >= 15 is 0 Å². The standard InChI is InChI=1S/C13H13BrClNO/c1-16-13(6-9-4-5-17-8-9)11-3-2-10(14)7-12(11)15/h2-5,7-8,13,16H,6H2,1H3. The molecule has 2 rings (SSSR count). The highest BCUT2D eigenvalue weighted by Crippen LogP contribution is 2.28. The Morgan fingerprint density at radius 3 is 2.82 bits per heavy atom. The maximum absolute atomic E-state index is 6.25. The molecule has 0 spiro atoms. The molecule has 1 aromatic heterocycles. The highest BCUT2D eigenvalue weighted by atomic mass is 79.9. The molecule has 0 aliphatic heterocycles. The van der Waals surface area contributed by atoms with Crippen LogP contribution >= 0.6 is 27.5 Å². The first kappa shape index (κ1) is 12.7. The lowest BCUT2D eigenvalue weighted by Crippen LogP contribution is -2.19. The minimum absolute atomic E-state index is 0.188. The molecule has 0 aliphatic carbocycles. The maximum Gasteiger partial charge on any atom is 0.0935 e. The molecule has 1 unspecified atom stereocenters. The van der Waals surface area contributed by atoms with E-state index in [0.29, 0.717) is 0 Å². The van der Waals surface area contributed by atoms with Crippen molar-refractivity contribution >= 4 is 27.5 Å². The molecule has 1 heterocycles. The Kier molecular flexibility index (Phi) is 4.26. The topological polar surface area (TPSA) is 25.2 Å². The third-order valence-electron chi connectivity index (χ3n) is 2.71. The molecule has 1 N–H and O–H groups in total. The van der Waals surface area contributed by atoms with Crippen LogP contribution < -0.4 is 5.32 Å². The number of furan rings is 1. The number of halogens is 2. The Bertz CT molecular complexity index is 484. The van der Waals surface area contributed by atoms with E-state index in [1.807, 2.05) is 31.3 Å². The smallest absolute Gasteiger partial charge is 0.0935 e. The average Bonchev–Trinajstić information content (AvgIpc) is 2.79. The van der Waals surface area contributed by atoms with Crippen LogP contribution in [0.3, 0.4) is 0 Å². The highest BCUT2D eigenvalue weighted by molar-refractivity contribution is 9.10. The summed E-state index contributed by atoms with van der Waals surface area (Å²) in [5.74, 6) is 0. The molecule has 0 bridgehead atoms. The van der Waals surface area contributed by atoms with E-state index in [9.17, 15) is 0 Å². The van der Waals surface area contributed by atoms with Gasteiger partial charge in [0.25, 0.3) is 0 Å². The van der Waals surface area contributed by atoms with Crippen molar-refractivity contribution in [1.82, 2.24) is 5.32 Å². The molecule has 4 heteroatoms. The Morgan fingerprint density at radius 1 is 1.41 bits per heavy atom. The number of rotatable bonds is 4. The van der Waals surface area contributed by atoms with Crippen LogP contribution in [0.4, 0.5) is 0 Å². The Balaban J connectivity index is 2.23. The van der Waals surface area contributed by atoms with E-state index in [1.165, 1.54) is 0 Å². The van der Waals surface area contributed by atoms with Gasteiger partial charge in [0.1, 0.15) is 0 Å². The molecule has 0 saturated heterocycles. The Labute approximate surface area is 114 Å². The van der Waals surface area contributed by atoms with Crippen LogP contribution in [0.15, 0.2) is 45.7 Å². The number of hydrogen-bond acceptors (Lipinski definition) is 2. The van der Waals surface area contributed by atoms with Gasteiger partial charge in [-0.25, -0.2) is 0 Å². The van der Waals surface area contributed by atoms with Crippen LogP contribution in [0.5, 0.6) is 0 Å². The van der Waals surface area contributed by atoms with Crippen LogP contribution in [0.1, 0.15) is 17.2 Å². The summed E-state index contributed by atoms with van der Waals surface area (Å²) in [7, 11) is 1.93. The molecule has 1 atom stereocenters. The molecule has 0 amide bonds. The first-order valence-corrected chi connectivity index (χ1v) is 6.51. The van der Waals surface area contributed by atoms with Crippen molar-refractivity contribution in [2.24, 2.45) is 0 Å². The molecule has 2 aromatic rings. The summed E-state index contributed by atoms with van der Waals surface area (Å²) < 4.78 is 6.07. The van der Waals surface area contributed by atoms with Crippen LogP contribution in [0.2, 0.25) is 5.02 Å². The number of likely N-dealkylation sites (N-methyl/N-ethyl adjacent to an activating group) is 1. The number of hydrogen-bond donors (Lipinski definition) is 1. The summed E-state index contributed by atoms with van der Waals surface area (Å²) >= 11 is 9.66. The number of benzene rings is 1. The monoisotopic (exact) mass is 313 g/mol. The van der Waals surface area contributed by atoms with Crippen LogP contribution in [0, 0.1) is 0 Å². The van der Waals surface area contributed by atoms with Gasteiger partial charge in [0.05, 0.1) is 12.5 Å². The fraction of sp³-hybridized carbons (Fsp3) is 0.231. The second-order valence-corrected chi connectivity index (χ2v) is 5.17. The molecular formula is C13H13BrClNO. The van der Waals surface area contributed by atoms with E-state index in [-0.39, 0.29) is 6.04 Å². The fourth-order valence-corrected chi connectivity index (χ4v) is 2.60. The zero-order chi connectivity index (χ0) is 12.3. The van der Waals surface area contributed by atoms with Crippen molar-refractivity contribution in [1.29, 1.82) is 0 Å². The SMILES string of the molecule is CNC(Cc1ccoc1)c1ccc(Br)cc1Cl. The minimum atomic E-state index is 0.188. The van der Waals surface area contributed by atoms with Crippen molar-refractivity contribution in [2.45, 2.75) is 12.5 Å². The van der Waals surface area contributed by atoms with Gasteiger partial charge in [0.15, 0.2) is 0 Å². The van der Waals surface area contributed by atoms with Gasteiger partial charge in [-0.15, -0.1) is 0 Å². The second-order valence-electron chi connectivity index (χ2n) is 3.84. The molecular weight excluding hydrogens is 302 g/mol. The molecule has 90 valence electrons. The van der Waals surface area contributed by atoms with E-state index in [0.717, 1.165) is 27.0 Å². The van der Waals surface area contributed by atoms with Gasteiger partial charge in [0.2, 0.25) is 0 Å². The third-order valence-corrected chi connectivity index (χ3v) is 3.53. The predicted molar refractivity (Wildman–Crippen MR) is 73.4 cm³/mol. The summed E-state index contributed by atoms with van der Waals surface area (Å²) in [6.45, 7) is 0. The van der Waals surface area contributed by atoms with E-state index in [4.69, 9.17) is 16.0 Å². The molecule has 17 heavy (non-hydrogen) atoms. The fourth-order valence-electron chi connectivity index (χ4n) is 1.80. The Hall–Kier alpha value is -0.770. The van der Waals surface area contributed by atoms with Gasteiger partial charge in [-0.2, -0.15) is 0 Å². The minimum Gasteiger partial charge on any atom is -0.472 e. The van der Waals surface area contributed by atoms with Crippen molar-refractivity contribution in [3.63, 3.8) is 0 Å². The second kappa shape index (κ2) is 5.71. The van der Waals surface area contributed by atoms with Gasteiger partial charge < -0.3 is 9.73 Å².